The molecule has 0 aromatic heterocycles. The predicted octanol–water partition coefficient (Wildman–Crippen LogP) is 1.53. The molecule has 1 rings (SSSR count). The second-order valence-electron chi connectivity index (χ2n) is 3.00. The van der Waals surface area contributed by atoms with Crippen LogP contribution in [0.5, 0.6) is 0 Å². The minimum atomic E-state index is -0.709. The van der Waals surface area contributed by atoms with Crippen molar-refractivity contribution in [2.45, 2.75) is 17.4 Å². The highest BCUT2D eigenvalue weighted by Crippen LogP contribution is 2.15. The highest BCUT2D eigenvalue weighted by Gasteiger charge is 1.96. The van der Waals surface area contributed by atoms with Crippen LogP contribution in [0.25, 0.3) is 0 Å². The van der Waals surface area contributed by atoms with E-state index in [2.05, 4.69) is 11.8 Å². The number of rotatable bonds is 4. The van der Waals surface area contributed by atoms with Crippen LogP contribution in [0.1, 0.15) is 6.42 Å². The fourth-order valence-corrected chi connectivity index (χ4v) is 1.63. The number of hydrogen-bond acceptors (Lipinski definition) is 3. The van der Waals surface area contributed by atoms with E-state index < -0.39 is 6.10 Å². The van der Waals surface area contributed by atoms with Crippen molar-refractivity contribution in [2.75, 3.05) is 12.4 Å². The molecule has 0 spiro atoms. The second-order valence-corrected chi connectivity index (χ2v) is 4.04. The third-order valence-corrected chi connectivity index (χ3v) is 2.62. The first-order valence-corrected chi connectivity index (χ1v) is 5.74. The van der Waals surface area contributed by atoms with Crippen LogP contribution in [0, 0.1) is 11.8 Å². The first-order valence-electron chi connectivity index (χ1n) is 4.75. The summed E-state index contributed by atoms with van der Waals surface area (Å²) in [5, 5.41) is 17.6. The van der Waals surface area contributed by atoms with Crippen LogP contribution in [-0.2, 0) is 0 Å². The molecule has 0 aliphatic heterocycles. The topological polar surface area (TPSA) is 40.5 Å². The van der Waals surface area contributed by atoms with Gasteiger partial charge in [-0.3, -0.25) is 0 Å². The summed E-state index contributed by atoms with van der Waals surface area (Å²) in [6.45, 7) is -0.222. The molecule has 1 atom stereocenters. The normalized spacial score (nSPS) is 11.6. The van der Waals surface area contributed by atoms with Crippen LogP contribution in [0.4, 0.5) is 0 Å². The van der Waals surface area contributed by atoms with Crippen molar-refractivity contribution in [1.82, 2.24) is 0 Å². The molecule has 0 amide bonds. The summed E-state index contributed by atoms with van der Waals surface area (Å²) < 4.78 is 0. The first-order chi connectivity index (χ1) is 7.33. The lowest BCUT2D eigenvalue weighted by Gasteiger charge is -1.98. The van der Waals surface area contributed by atoms with Gasteiger partial charge in [-0.15, -0.1) is 11.8 Å². The Hall–Kier alpha value is -0.950. The summed E-state index contributed by atoms with van der Waals surface area (Å²) in [5.74, 6) is 6.48. The van der Waals surface area contributed by atoms with Crippen LogP contribution in [-0.4, -0.2) is 28.7 Å². The lowest BCUT2D eigenvalue weighted by Crippen LogP contribution is -2.09. The number of aliphatic hydroxyl groups is 2. The second kappa shape index (κ2) is 7.36. The van der Waals surface area contributed by atoms with Crippen molar-refractivity contribution in [1.29, 1.82) is 0 Å². The van der Waals surface area contributed by atoms with Crippen LogP contribution in [0.15, 0.2) is 35.2 Å². The maximum Gasteiger partial charge on any atom is 0.0879 e. The van der Waals surface area contributed by atoms with Gasteiger partial charge >= 0.3 is 0 Å². The quantitative estimate of drug-likeness (QED) is 0.599. The Morgan fingerprint density at radius 3 is 2.60 bits per heavy atom. The highest BCUT2D eigenvalue weighted by atomic mass is 32.2. The Morgan fingerprint density at radius 2 is 1.93 bits per heavy atom. The molecule has 2 N–H and O–H groups in total. The summed E-state index contributed by atoms with van der Waals surface area (Å²) in [6.07, 6.45) is -0.370. The average Bonchev–Trinajstić information content (AvgIpc) is 2.29. The van der Waals surface area contributed by atoms with Gasteiger partial charge in [0.05, 0.1) is 18.5 Å². The number of aliphatic hydroxyl groups excluding tert-OH is 2. The van der Waals surface area contributed by atoms with Gasteiger partial charge < -0.3 is 10.2 Å². The van der Waals surface area contributed by atoms with E-state index in [0.717, 1.165) is 0 Å². The fourth-order valence-electron chi connectivity index (χ4n) is 0.942. The molecule has 0 aliphatic carbocycles. The highest BCUT2D eigenvalue weighted by molar-refractivity contribution is 7.99. The molecule has 3 heteroatoms. The molecule has 0 saturated carbocycles. The molecule has 0 heterocycles. The largest absolute Gasteiger partial charge is 0.394 e. The number of thioether (sulfide) groups is 1. The van der Waals surface area contributed by atoms with Gasteiger partial charge in [0.25, 0.3) is 0 Å². The van der Waals surface area contributed by atoms with Gasteiger partial charge in [-0.2, -0.15) is 0 Å². The summed E-state index contributed by atoms with van der Waals surface area (Å²) in [5.41, 5.74) is 0. The minimum absolute atomic E-state index is 0.222. The minimum Gasteiger partial charge on any atom is -0.394 e. The molecule has 0 radical (unpaired) electrons. The molecule has 0 bridgehead atoms. The third kappa shape index (κ3) is 5.48. The van der Waals surface area contributed by atoms with E-state index in [9.17, 15) is 0 Å². The van der Waals surface area contributed by atoms with E-state index >= 15 is 0 Å². The summed E-state index contributed by atoms with van der Waals surface area (Å²) in [4.78, 5) is 1.19. The van der Waals surface area contributed by atoms with Crippen molar-refractivity contribution in [3.05, 3.63) is 30.3 Å². The van der Waals surface area contributed by atoms with Gasteiger partial charge in [0.1, 0.15) is 0 Å². The van der Waals surface area contributed by atoms with Crippen molar-refractivity contribution in [2.24, 2.45) is 0 Å². The molecule has 1 aromatic rings. The van der Waals surface area contributed by atoms with E-state index in [4.69, 9.17) is 10.2 Å². The lowest BCUT2D eigenvalue weighted by atomic mass is 10.3. The predicted molar refractivity (Wildman–Crippen MR) is 62.7 cm³/mol. The van der Waals surface area contributed by atoms with Gasteiger partial charge in [0.15, 0.2) is 0 Å². The van der Waals surface area contributed by atoms with E-state index in [1.807, 2.05) is 30.3 Å². The van der Waals surface area contributed by atoms with Gasteiger partial charge in [0, 0.05) is 11.3 Å². The molecule has 0 saturated heterocycles. The Morgan fingerprint density at radius 1 is 1.20 bits per heavy atom. The van der Waals surface area contributed by atoms with E-state index in [1.165, 1.54) is 4.90 Å². The van der Waals surface area contributed by atoms with Crippen LogP contribution >= 0.6 is 11.8 Å². The zero-order valence-electron chi connectivity index (χ0n) is 8.39. The Balaban J connectivity index is 2.21. The molecular weight excluding hydrogens is 208 g/mol. The summed E-state index contributed by atoms with van der Waals surface area (Å²) >= 11 is 1.66. The maximum absolute atomic E-state index is 9.01. The van der Waals surface area contributed by atoms with Gasteiger partial charge in [-0.1, -0.05) is 30.0 Å². The molecule has 0 aliphatic rings. The first kappa shape index (κ1) is 12.1. The SMILES string of the molecule is OCC(O)CC#CCSc1ccccc1. The molecule has 1 unspecified atom stereocenters. The molecule has 0 fully saturated rings. The summed E-state index contributed by atoms with van der Waals surface area (Å²) in [7, 11) is 0. The zero-order valence-corrected chi connectivity index (χ0v) is 9.20. The number of benzene rings is 1. The fraction of sp³-hybridized carbons (Fsp3) is 0.333. The molecule has 2 nitrogen and oxygen atoms in total. The van der Waals surface area contributed by atoms with Crippen molar-refractivity contribution < 1.29 is 10.2 Å². The molecule has 1 aromatic carbocycles. The molecule has 80 valence electrons. The average molecular weight is 222 g/mol. The monoisotopic (exact) mass is 222 g/mol. The standard InChI is InChI=1S/C12H14O2S/c13-10-11(14)6-4-5-9-15-12-7-2-1-3-8-12/h1-3,7-8,11,13-14H,6,9-10H2. The molecular formula is C12H14O2S. The van der Waals surface area contributed by atoms with Gasteiger partial charge in [0.2, 0.25) is 0 Å². The third-order valence-electron chi connectivity index (χ3n) is 1.73. The Kier molecular flexibility index (Phi) is 5.94. The van der Waals surface area contributed by atoms with Gasteiger partial charge in [-0.05, 0) is 12.1 Å². The smallest absolute Gasteiger partial charge is 0.0879 e. The lowest BCUT2D eigenvalue weighted by molar-refractivity contribution is 0.0992. The van der Waals surface area contributed by atoms with Crippen molar-refractivity contribution in [3.63, 3.8) is 0 Å². The molecule has 15 heavy (non-hydrogen) atoms. The van der Waals surface area contributed by atoms with Gasteiger partial charge in [-0.25, -0.2) is 0 Å². The van der Waals surface area contributed by atoms with Crippen LogP contribution in [0.3, 0.4) is 0 Å². The number of hydrogen-bond donors (Lipinski definition) is 2. The Labute approximate surface area is 94.3 Å². The van der Waals surface area contributed by atoms with Crippen molar-refractivity contribution >= 4 is 11.8 Å². The van der Waals surface area contributed by atoms with E-state index in [-0.39, 0.29) is 6.61 Å². The van der Waals surface area contributed by atoms with Crippen LogP contribution in [0.2, 0.25) is 0 Å². The van der Waals surface area contributed by atoms with Crippen molar-refractivity contribution in [3.8, 4) is 11.8 Å². The zero-order chi connectivity index (χ0) is 10.9. The van der Waals surface area contributed by atoms with E-state index in [1.54, 1.807) is 11.8 Å². The Bertz CT molecular complexity index is 326. The maximum atomic E-state index is 9.01. The summed E-state index contributed by atoms with van der Waals surface area (Å²) in [6, 6.07) is 10.0. The van der Waals surface area contributed by atoms with E-state index in [0.29, 0.717) is 12.2 Å². The van der Waals surface area contributed by atoms with Crippen LogP contribution < -0.4 is 0 Å².